The van der Waals surface area contributed by atoms with Gasteiger partial charge in [-0.15, -0.1) is 0 Å². The summed E-state index contributed by atoms with van der Waals surface area (Å²) in [5.74, 6) is 1.37. The highest BCUT2D eigenvalue weighted by atomic mass is 15.2. The standard InChI is InChI=1S/C16H23N3/c1-13-8-14(2)10-19(9-13)12-16(18,11-17)15-6-4-3-5-7-15/h3-7,13-14H,8-10,12,18H2,1-2H3. The molecule has 3 nitrogen and oxygen atoms in total. The first-order valence-electron chi connectivity index (χ1n) is 7.01. The van der Waals surface area contributed by atoms with Gasteiger partial charge in [-0.3, -0.25) is 4.90 Å². The van der Waals surface area contributed by atoms with Gasteiger partial charge in [0.1, 0.15) is 5.54 Å². The summed E-state index contributed by atoms with van der Waals surface area (Å²) in [7, 11) is 0. The van der Waals surface area contributed by atoms with E-state index in [0.29, 0.717) is 18.4 Å². The SMILES string of the molecule is CC1CC(C)CN(CC(N)(C#N)c2ccccc2)C1. The van der Waals surface area contributed by atoms with Gasteiger partial charge in [0.25, 0.3) is 0 Å². The molecular weight excluding hydrogens is 234 g/mol. The third-order valence-corrected chi connectivity index (χ3v) is 3.91. The Bertz CT molecular complexity index is 441. The minimum Gasteiger partial charge on any atom is -0.309 e. The second kappa shape index (κ2) is 5.73. The predicted molar refractivity (Wildman–Crippen MR) is 77.3 cm³/mol. The van der Waals surface area contributed by atoms with Crippen LogP contribution in [0.15, 0.2) is 30.3 Å². The molecule has 1 heterocycles. The number of nitrogens with two attached hydrogens (primary N) is 1. The zero-order valence-corrected chi connectivity index (χ0v) is 11.8. The first kappa shape index (κ1) is 14.0. The number of benzene rings is 1. The molecule has 1 aromatic carbocycles. The Kier molecular flexibility index (Phi) is 4.24. The molecule has 0 saturated carbocycles. The van der Waals surface area contributed by atoms with E-state index in [-0.39, 0.29) is 0 Å². The number of likely N-dealkylation sites (tertiary alicyclic amines) is 1. The van der Waals surface area contributed by atoms with E-state index in [1.165, 1.54) is 6.42 Å². The predicted octanol–water partition coefficient (Wildman–Crippen LogP) is 2.34. The van der Waals surface area contributed by atoms with Gasteiger partial charge in [-0.05, 0) is 23.8 Å². The van der Waals surface area contributed by atoms with Crippen LogP contribution in [0.5, 0.6) is 0 Å². The van der Waals surface area contributed by atoms with Gasteiger partial charge in [-0.2, -0.15) is 5.26 Å². The summed E-state index contributed by atoms with van der Waals surface area (Å²) in [6, 6.07) is 12.0. The lowest BCUT2D eigenvalue weighted by Gasteiger charge is -2.38. The number of piperidine rings is 1. The van der Waals surface area contributed by atoms with E-state index in [4.69, 9.17) is 5.73 Å². The average molecular weight is 257 g/mol. The Morgan fingerprint density at radius 1 is 1.26 bits per heavy atom. The van der Waals surface area contributed by atoms with Gasteiger partial charge in [0.05, 0.1) is 6.07 Å². The molecule has 1 aliphatic rings. The number of nitriles is 1. The van der Waals surface area contributed by atoms with Crippen LogP contribution < -0.4 is 5.73 Å². The van der Waals surface area contributed by atoms with Crippen LogP contribution in [0.1, 0.15) is 25.8 Å². The van der Waals surface area contributed by atoms with Crippen molar-refractivity contribution in [3.63, 3.8) is 0 Å². The lowest BCUT2D eigenvalue weighted by Crippen LogP contribution is -2.50. The summed E-state index contributed by atoms with van der Waals surface area (Å²) in [6.45, 7) is 7.24. The van der Waals surface area contributed by atoms with Crippen LogP contribution in [-0.2, 0) is 5.54 Å². The number of nitrogens with zero attached hydrogens (tertiary/aromatic N) is 2. The fourth-order valence-corrected chi connectivity index (χ4v) is 3.20. The van der Waals surface area contributed by atoms with Gasteiger partial charge in [0.2, 0.25) is 0 Å². The normalized spacial score (nSPS) is 27.5. The number of hydrogen-bond acceptors (Lipinski definition) is 3. The molecule has 0 aliphatic carbocycles. The third kappa shape index (κ3) is 3.34. The van der Waals surface area contributed by atoms with Crippen molar-refractivity contribution >= 4 is 0 Å². The molecule has 0 aromatic heterocycles. The smallest absolute Gasteiger partial charge is 0.142 e. The van der Waals surface area contributed by atoms with Crippen molar-refractivity contribution in [2.45, 2.75) is 25.8 Å². The molecule has 0 amide bonds. The molecule has 1 fully saturated rings. The van der Waals surface area contributed by atoms with Gasteiger partial charge in [-0.1, -0.05) is 44.2 Å². The van der Waals surface area contributed by atoms with Crippen LogP contribution in [0.4, 0.5) is 0 Å². The molecule has 3 unspecified atom stereocenters. The highest BCUT2D eigenvalue weighted by Crippen LogP contribution is 2.25. The van der Waals surface area contributed by atoms with Gasteiger partial charge in [-0.25, -0.2) is 0 Å². The maximum absolute atomic E-state index is 9.50. The van der Waals surface area contributed by atoms with E-state index >= 15 is 0 Å². The maximum Gasteiger partial charge on any atom is 0.142 e. The molecule has 0 spiro atoms. The Morgan fingerprint density at radius 2 is 1.84 bits per heavy atom. The zero-order valence-electron chi connectivity index (χ0n) is 11.8. The summed E-state index contributed by atoms with van der Waals surface area (Å²) in [5, 5.41) is 9.50. The van der Waals surface area contributed by atoms with E-state index in [1.807, 2.05) is 30.3 Å². The van der Waals surface area contributed by atoms with Crippen molar-refractivity contribution in [2.75, 3.05) is 19.6 Å². The highest BCUT2D eigenvalue weighted by Gasteiger charge is 2.32. The van der Waals surface area contributed by atoms with Crippen molar-refractivity contribution < 1.29 is 0 Å². The first-order chi connectivity index (χ1) is 9.03. The second-order valence-electron chi connectivity index (χ2n) is 6.09. The molecule has 0 bridgehead atoms. The number of hydrogen-bond donors (Lipinski definition) is 1. The van der Waals surface area contributed by atoms with Crippen molar-refractivity contribution in [3.8, 4) is 6.07 Å². The molecular formula is C16H23N3. The van der Waals surface area contributed by atoms with E-state index in [9.17, 15) is 5.26 Å². The van der Waals surface area contributed by atoms with E-state index in [2.05, 4.69) is 24.8 Å². The van der Waals surface area contributed by atoms with Crippen molar-refractivity contribution in [1.29, 1.82) is 5.26 Å². The van der Waals surface area contributed by atoms with Crippen molar-refractivity contribution in [3.05, 3.63) is 35.9 Å². The minimum atomic E-state index is -0.905. The van der Waals surface area contributed by atoms with Gasteiger partial charge in [0.15, 0.2) is 0 Å². The Labute approximate surface area is 116 Å². The van der Waals surface area contributed by atoms with E-state index in [0.717, 1.165) is 18.7 Å². The maximum atomic E-state index is 9.50. The van der Waals surface area contributed by atoms with Crippen LogP contribution in [-0.4, -0.2) is 24.5 Å². The molecule has 1 aliphatic heterocycles. The second-order valence-corrected chi connectivity index (χ2v) is 6.09. The summed E-state index contributed by atoms with van der Waals surface area (Å²) < 4.78 is 0. The molecule has 3 heteroatoms. The molecule has 2 rings (SSSR count). The van der Waals surface area contributed by atoms with Gasteiger partial charge in [0, 0.05) is 19.6 Å². The van der Waals surface area contributed by atoms with Crippen LogP contribution in [0.3, 0.4) is 0 Å². The molecule has 102 valence electrons. The minimum absolute atomic E-state index is 0.613. The Balaban J connectivity index is 2.13. The topological polar surface area (TPSA) is 53.0 Å². The Morgan fingerprint density at radius 3 is 2.37 bits per heavy atom. The van der Waals surface area contributed by atoms with Crippen LogP contribution in [0.25, 0.3) is 0 Å². The Hall–Kier alpha value is -1.37. The largest absolute Gasteiger partial charge is 0.309 e. The fourth-order valence-electron chi connectivity index (χ4n) is 3.20. The lowest BCUT2D eigenvalue weighted by atomic mass is 9.88. The van der Waals surface area contributed by atoms with Crippen LogP contribution >= 0.6 is 0 Å². The summed E-state index contributed by atoms with van der Waals surface area (Å²) in [6.07, 6.45) is 1.27. The molecule has 1 saturated heterocycles. The zero-order chi connectivity index (χ0) is 13.9. The summed E-state index contributed by atoms with van der Waals surface area (Å²) in [5.41, 5.74) is 6.34. The molecule has 3 atom stereocenters. The molecule has 19 heavy (non-hydrogen) atoms. The summed E-state index contributed by atoms with van der Waals surface area (Å²) >= 11 is 0. The quantitative estimate of drug-likeness (QED) is 0.904. The molecule has 0 radical (unpaired) electrons. The average Bonchev–Trinajstić information content (AvgIpc) is 2.38. The van der Waals surface area contributed by atoms with E-state index in [1.54, 1.807) is 0 Å². The first-order valence-corrected chi connectivity index (χ1v) is 7.01. The number of rotatable bonds is 3. The van der Waals surface area contributed by atoms with Crippen molar-refractivity contribution in [1.82, 2.24) is 4.90 Å². The van der Waals surface area contributed by atoms with Crippen molar-refractivity contribution in [2.24, 2.45) is 17.6 Å². The monoisotopic (exact) mass is 257 g/mol. The van der Waals surface area contributed by atoms with Crippen LogP contribution in [0, 0.1) is 23.2 Å². The van der Waals surface area contributed by atoms with Gasteiger partial charge >= 0.3 is 0 Å². The third-order valence-electron chi connectivity index (χ3n) is 3.91. The van der Waals surface area contributed by atoms with Gasteiger partial charge < -0.3 is 5.73 Å². The molecule has 1 aromatic rings. The summed E-state index contributed by atoms with van der Waals surface area (Å²) in [4.78, 5) is 2.34. The molecule has 2 N–H and O–H groups in total. The van der Waals surface area contributed by atoms with Crippen LogP contribution in [0.2, 0.25) is 0 Å². The highest BCUT2D eigenvalue weighted by molar-refractivity contribution is 5.31. The lowest BCUT2D eigenvalue weighted by molar-refractivity contribution is 0.123. The fraction of sp³-hybridized carbons (Fsp3) is 0.562. The van der Waals surface area contributed by atoms with E-state index < -0.39 is 5.54 Å².